The summed E-state index contributed by atoms with van der Waals surface area (Å²) >= 11 is 0. The molecule has 3 rings (SSSR count). The van der Waals surface area contributed by atoms with Gasteiger partial charge in [0, 0.05) is 25.7 Å². The minimum absolute atomic E-state index is 0.0271. The number of benzene rings is 1. The average molecular weight is 458 g/mol. The molecule has 1 aromatic carbocycles. The van der Waals surface area contributed by atoms with Crippen molar-refractivity contribution >= 4 is 21.6 Å². The topological polar surface area (TPSA) is 101 Å². The average Bonchev–Trinajstić information content (AvgIpc) is 3.49. The van der Waals surface area contributed by atoms with Crippen molar-refractivity contribution in [3.63, 3.8) is 0 Å². The van der Waals surface area contributed by atoms with Crippen LogP contribution in [0, 0.1) is 6.92 Å². The summed E-state index contributed by atoms with van der Waals surface area (Å²) < 4.78 is 66.1. The lowest BCUT2D eigenvalue weighted by Gasteiger charge is -2.15. The standard InChI is InChI=1S/C19H21F3N4O4S/c1-11-4-7-13(8-16(11)31(29,30)25(2)3)23-17(27)10-26-18(28)14(19(20,21)22)9-15(24-26)12-5-6-12/h4,7-9,12H,5-6,10H2,1-3H3,(H,23,27). The first kappa shape index (κ1) is 22.9. The molecule has 1 fully saturated rings. The number of carbonyl (C=O) groups is 1. The summed E-state index contributed by atoms with van der Waals surface area (Å²) in [5, 5.41) is 6.34. The van der Waals surface area contributed by atoms with Gasteiger partial charge in [0.2, 0.25) is 15.9 Å². The van der Waals surface area contributed by atoms with Crippen molar-refractivity contribution < 1.29 is 26.4 Å². The molecule has 168 valence electrons. The molecule has 1 saturated carbocycles. The second kappa shape index (κ2) is 8.08. The quantitative estimate of drug-likeness (QED) is 0.716. The molecule has 1 aromatic heterocycles. The Morgan fingerprint density at radius 1 is 1.26 bits per heavy atom. The van der Waals surface area contributed by atoms with E-state index in [0.717, 1.165) is 10.4 Å². The summed E-state index contributed by atoms with van der Waals surface area (Å²) in [5.74, 6) is -0.973. The van der Waals surface area contributed by atoms with Gasteiger partial charge in [0.25, 0.3) is 5.56 Å². The molecule has 0 unspecified atom stereocenters. The number of alkyl halides is 3. The molecule has 0 spiro atoms. The summed E-state index contributed by atoms with van der Waals surface area (Å²) in [6, 6.07) is 4.94. The van der Waals surface area contributed by atoms with Crippen LogP contribution in [0.2, 0.25) is 0 Å². The third kappa shape index (κ3) is 4.96. The Labute approximate surface area is 176 Å². The van der Waals surface area contributed by atoms with E-state index in [1.165, 1.54) is 32.3 Å². The van der Waals surface area contributed by atoms with Crippen LogP contribution in [0.15, 0.2) is 34.0 Å². The highest BCUT2D eigenvalue weighted by Crippen LogP contribution is 2.40. The summed E-state index contributed by atoms with van der Waals surface area (Å²) in [5.41, 5.74) is -2.08. The minimum atomic E-state index is -4.87. The van der Waals surface area contributed by atoms with Crippen LogP contribution in [0.4, 0.5) is 18.9 Å². The fourth-order valence-corrected chi connectivity index (χ4v) is 4.08. The van der Waals surface area contributed by atoms with Gasteiger partial charge in [-0.15, -0.1) is 0 Å². The molecule has 12 heteroatoms. The first-order chi connectivity index (χ1) is 14.3. The number of hydrogen-bond donors (Lipinski definition) is 1. The Kier molecular flexibility index (Phi) is 5.98. The molecule has 0 radical (unpaired) electrons. The van der Waals surface area contributed by atoms with Crippen molar-refractivity contribution in [2.45, 2.75) is 43.3 Å². The Morgan fingerprint density at radius 3 is 2.45 bits per heavy atom. The Hall–Kier alpha value is -2.73. The second-order valence-electron chi connectivity index (χ2n) is 7.53. The molecule has 0 saturated heterocycles. The number of carbonyl (C=O) groups excluding carboxylic acids is 1. The largest absolute Gasteiger partial charge is 0.421 e. The third-order valence-electron chi connectivity index (χ3n) is 4.82. The van der Waals surface area contributed by atoms with Crippen LogP contribution < -0.4 is 10.9 Å². The predicted molar refractivity (Wildman–Crippen MR) is 106 cm³/mol. The lowest BCUT2D eigenvalue weighted by molar-refractivity contribution is -0.139. The van der Waals surface area contributed by atoms with E-state index in [-0.39, 0.29) is 22.2 Å². The maximum Gasteiger partial charge on any atom is 0.421 e. The summed E-state index contributed by atoms with van der Waals surface area (Å²) in [4.78, 5) is 24.6. The van der Waals surface area contributed by atoms with E-state index in [1.54, 1.807) is 6.92 Å². The molecule has 0 atom stereocenters. The molecule has 1 aliphatic rings. The minimum Gasteiger partial charge on any atom is -0.324 e. The number of amides is 1. The zero-order valence-electron chi connectivity index (χ0n) is 17.0. The van der Waals surface area contributed by atoms with Crippen molar-refractivity contribution in [1.29, 1.82) is 0 Å². The van der Waals surface area contributed by atoms with Gasteiger partial charge in [-0.2, -0.15) is 18.3 Å². The highest BCUT2D eigenvalue weighted by molar-refractivity contribution is 7.89. The van der Waals surface area contributed by atoms with E-state index < -0.39 is 39.8 Å². The molecule has 0 aliphatic heterocycles. The maximum atomic E-state index is 13.2. The number of nitrogens with zero attached hydrogens (tertiary/aromatic N) is 3. The van der Waals surface area contributed by atoms with Gasteiger partial charge >= 0.3 is 6.18 Å². The fraction of sp³-hybridized carbons (Fsp3) is 0.421. The normalized spacial score (nSPS) is 14.7. The van der Waals surface area contributed by atoms with Gasteiger partial charge in [0.15, 0.2) is 0 Å². The van der Waals surface area contributed by atoms with Crippen LogP contribution in [0.3, 0.4) is 0 Å². The highest BCUT2D eigenvalue weighted by Gasteiger charge is 2.37. The molecule has 1 N–H and O–H groups in total. The van der Waals surface area contributed by atoms with E-state index in [2.05, 4.69) is 10.4 Å². The van der Waals surface area contributed by atoms with Crippen molar-refractivity contribution in [2.75, 3.05) is 19.4 Å². The van der Waals surface area contributed by atoms with E-state index in [9.17, 15) is 31.2 Å². The van der Waals surface area contributed by atoms with Crippen LogP contribution in [0.5, 0.6) is 0 Å². The number of halogens is 3. The Balaban J connectivity index is 1.88. The lowest BCUT2D eigenvalue weighted by Crippen LogP contribution is -2.35. The van der Waals surface area contributed by atoms with Crippen LogP contribution in [0.25, 0.3) is 0 Å². The molecular formula is C19H21F3N4O4S. The van der Waals surface area contributed by atoms with Crippen molar-refractivity contribution in [1.82, 2.24) is 14.1 Å². The van der Waals surface area contributed by atoms with Crippen LogP contribution in [0.1, 0.15) is 35.6 Å². The summed E-state index contributed by atoms with van der Waals surface area (Å²) in [7, 11) is -1.04. The molecule has 0 bridgehead atoms. The first-order valence-electron chi connectivity index (χ1n) is 9.33. The Bertz CT molecular complexity index is 1190. The monoisotopic (exact) mass is 458 g/mol. The van der Waals surface area contributed by atoms with Gasteiger partial charge in [-0.25, -0.2) is 17.4 Å². The predicted octanol–water partition coefficient (Wildman–Crippen LogP) is 2.34. The van der Waals surface area contributed by atoms with Crippen LogP contribution >= 0.6 is 0 Å². The summed E-state index contributed by atoms with van der Waals surface area (Å²) in [6.45, 7) is 0.847. The number of rotatable bonds is 6. The molecule has 1 amide bonds. The molecule has 1 heterocycles. The van der Waals surface area contributed by atoms with Crippen molar-refractivity contribution in [3.05, 3.63) is 51.4 Å². The van der Waals surface area contributed by atoms with Crippen LogP contribution in [-0.4, -0.2) is 42.5 Å². The SMILES string of the molecule is Cc1ccc(NC(=O)Cn2nc(C3CC3)cc(C(F)(F)F)c2=O)cc1S(=O)(=O)N(C)C. The lowest BCUT2D eigenvalue weighted by atomic mass is 10.2. The molecule has 8 nitrogen and oxygen atoms in total. The number of aromatic nitrogens is 2. The molecule has 2 aromatic rings. The van der Waals surface area contributed by atoms with Gasteiger partial charge in [0.1, 0.15) is 12.1 Å². The van der Waals surface area contributed by atoms with Gasteiger partial charge in [-0.05, 0) is 43.5 Å². The summed E-state index contributed by atoms with van der Waals surface area (Å²) in [6.07, 6.45) is -3.53. The van der Waals surface area contributed by atoms with Gasteiger partial charge in [-0.1, -0.05) is 6.07 Å². The third-order valence-corrected chi connectivity index (χ3v) is 6.78. The van der Waals surface area contributed by atoms with Gasteiger partial charge in [0.05, 0.1) is 10.6 Å². The second-order valence-corrected chi connectivity index (χ2v) is 9.65. The number of anilines is 1. The number of nitrogens with one attached hydrogen (secondary N) is 1. The zero-order chi connectivity index (χ0) is 23.1. The highest BCUT2D eigenvalue weighted by atomic mass is 32.2. The van der Waals surface area contributed by atoms with E-state index in [1.807, 2.05) is 0 Å². The maximum absolute atomic E-state index is 13.2. The van der Waals surface area contributed by atoms with E-state index >= 15 is 0 Å². The smallest absolute Gasteiger partial charge is 0.324 e. The van der Waals surface area contributed by atoms with E-state index in [0.29, 0.717) is 23.1 Å². The van der Waals surface area contributed by atoms with Gasteiger partial charge in [-0.3, -0.25) is 9.59 Å². The number of aryl methyl sites for hydroxylation is 1. The van der Waals surface area contributed by atoms with E-state index in [4.69, 9.17) is 0 Å². The van der Waals surface area contributed by atoms with Crippen LogP contribution in [-0.2, 0) is 27.5 Å². The fourth-order valence-electron chi connectivity index (χ4n) is 2.94. The first-order valence-corrected chi connectivity index (χ1v) is 10.8. The van der Waals surface area contributed by atoms with Gasteiger partial charge < -0.3 is 5.32 Å². The molecular weight excluding hydrogens is 437 g/mol. The number of hydrogen-bond acceptors (Lipinski definition) is 5. The zero-order valence-corrected chi connectivity index (χ0v) is 17.8. The number of sulfonamides is 1. The Morgan fingerprint density at radius 2 is 1.90 bits per heavy atom. The molecule has 1 aliphatic carbocycles. The molecule has 31 heavy (non-hydrogen) atoms. The van der Waals surface area contributed by atoms with Crippen molar-refractivity contribution in [3.8, 4) is 0 Å². The van der Waals surface area contributed by atoms with Crippen molar-refractivity contribution in [2.24, 2.45) is 0 Å².